The van der Waals surface area contributed by atoms with Crippen molar-refractivity contribution >= 4 is 23.4 Å². The lowest BCUT2D eigenvalue weighted by atomic mass is 10.1. The first kappa shape index (κ1) is 19.3. The molecule has 1 aliphatic rings. The van der Waals surface area contributed by atoms with Crippen LogP contribution in [-0.4, -0.2) is 48.9 Å². The number of hydrogen-bond donors (Lipinski definition) is 2. The molecule has 146 valence electrons. The molecule has 1 aliphatic heterocycles. The number of hydrogen-bond acceptors (Lipinski definition) is 4. The van der Waals surface area contributed by atoms with Crippen LogP contribution >= 0.6 is 0 Å². The Hall–Kier alpha value is -3.42. The summed E-state index contributed by atoms with van der Waals surface area (Å²) in [4.78, 5) is 38.8. The molecule has 0 aliphatic carbocycles. The molecule has 1 unspecified atom stereocenters. The van der Waals surface area contributed by atoms with Gasteiger partial charge in [-0.05, 0) is 48.5 Å². The Balaban J connectivity index is 1.71. The van der Waals surface area contributed by atoms with Gasteiger partial charge in [0.1, 0.15) is 17.6 Å². The first-order valence-corrected chi connectivity index (χ1v) is 8.76. The first-order valence-electron chi connectivity index (χ1n) is 8.76. The van der Waals surface area contributed by atoms with Gasteiger partial charge in [-0.25, -0.2) is 4.39 Å². The van der Waals surface area contributed by atoms with Gasteiger partial charge in [-0.1, -0.05) is 0 Å². The molecule has 0 bridgehead atoms. The van der Waals surface area contributed by atoms with Crippen molar-refractivity contribution in [3.63, 3.8) is 0 Å². The van der Waals surface area contributed by atoms with Gasteiger partial charge in [0.25, 0.3) is 5.91 Å². The molecule has 0 saturated carbocycles. The number of benzene rings is 2. The fraction of sp³-hybridized carbons (Fsp3) is 0.250. The summed E-state index contributed by atoms with van der Waals surface area (Å²) in [7, 11) is 1.54. The smallest absolute Gasteiger partial charge is 0.254 e. The van der Waals surface area contributed by atoms with Gasteiger partial charge in [-0.15, -0.1) is 0 Å². The lowest BCUT2D eigenvalue weighted by Crippen LogP contribution is -2.58. The summed E-state index contributed by atoms with van der Waals surface area (Å²) in [5.41, 5.74) is 0.815. The van der Waals surface area contributed by atoms with Crippen molar-refractivity contribution in [2.24, 2.45) is 0 Å². The van der Waals surface area contributed by atoms with E-state index in [4.69, 9.17) is 4.74 Å². The second-order valence-corrected chi connectivity index (χ2v) is 6.29. The highest BCUT2D eigenvalue weighted by Crippen LogP contribution is 2.18. The molecular weight excluding hydrogens is 365 g/mol. The molecule has 1 atom stereocenters. The molecule has 7 nitrogen and oxygen atoms in total. The van der Waals surface area contributed by atoms with Crippen LogP contribution in [0.15, 0.2) is 48.5 Å². The summed E-state index contributed by atoms with van der Waals surface area (Å²) in [6.07, 6.45) is -0.190. The molecule has 3 amide bonds. The van der Waals surface area contributed by atoms with E-state index in [2.05, 4.69) is 10.6 Å². The normalized spacial score (nSPS) is 16.3. The van der Waals surface area contributed by atoms with Gasteiger partial charge in [0.2, 0.25) is 11.8 Å². The standard InChI is InChI=1S/C20H20FN3O4/c1-28-16-8-6-15(7-9-16)23-18(25)12-17-19(26)22-10-11-24(17)20(27)13-2-4-14(21)5-3-13/h2-9,17H,10-12H2,1H3,(H,22,26)(H,23,25). The number of carbonyl (C=O) groups is 3. The van der Waals surface area contributed by atoms with Gasteiger partial charge in [0.05, 0.1) is 13.5 Å². The van der Waals surface area contributed by atoms with E-state index in [0.717, 1.165) is 0 Å². The summed E-state index contributed by atoms with van der Waals surface area (Å²) in [6, 6.07) is 10.9. The van der Waals surface area contributed by atoms with Crippen LogP contribution < -0.4 is 15.4 Å². The van der Waals surface area contributed by atoms with Crippen molar-refractivity contribution in [1.82, 2.24) is 10.2 Å². The average Bonchev–Trinajstić information content (AvgIpc) is 2.70. The van der Waals surface area contributed by atoms with E-state index in [1.807, 2.05) is 0 Å². The lowest BCUT2D eigenvalue weighted by molar-refractivity contribution is -0.131. The summed E-state index contributed by atoms with van der Waals surface area (Å²) in [6.45, 7) is 0.560. The van der Waals surface area contributed by atoms with Gasteiger partial charge in [-0.3, -0.25) is 14.4 Å². The molecule has 3 rings (SSSR count). The summed E-state index contributed by atoms with van der Waals surface area (Å²) >= 11 is 0. The molecule has 2 aromatic rings. The fourth-order valence-electron chi connectivity index (χ4n) is 2.98. The number of nitrogens with one attached hydrogen (secondary N) is 2. The van der Waals surface area contributed by atoms with Crippen LogP contribution in [0, 0.1) is 5.82 Å². The number of amides is 3. The molecular formula is C20H20FN3O4. The van der Waals surface area contributed by atoms with Crippen LogP contribution in [0.5, 0.6) is 5.75 Å². The Labute approximate surface area is 161 Å². The minimum atomic E-state index is -0.940. The van der Waals surface area contributed by atoms with E-state index in [1.54, 1.807) is 31.4 Å². The minimum Gasteiger partial charge on any atom is -0.497 e. The molecule has 28 heavy (non-hydrogen) atoms. The lowest BCUT2D eigenvalue weighted by Gasteiger charge is -2.34. The Morgan fingerprint density at radius 2 is 1.86 bits per heavy atom. The minimum absolute atomic E-state index is 0.190. The van der Waals surface area contributed by atoms with E-state index in [9.17, 15) is 18.8 Å². The predicted molar refractivity (Wildman–Crippen MR) is 100 cm³/mol. The Morgan fingerprint density at radius 3 is 2.50 bits per heavy atom. The van der Waals surface area contributed by atoms with Crippen molar-refractivity contribution < 1.29 is 23.5 Å². The van der Waals surface area contributed by atoms with Crippen molar-refractivity contribution in [1.29, 1.82) is 0 Å². The van der Waals surface area contributed by atoms with E-state index in [0.29, 0.717) is 18.0 Å². The first-order chi connectivity index (χ1) is 13.5. The van der Waals surface area contributed by atoms with Crippen molar-refractivity contribution in [2.75, 3.05) is 25.5 Å². The highest BCUT2D eigenvalue weighted by Gasteiger charge is 2.35. The number of halogens is 1. The third-order valence-corrected chi connectivity index (χ3v) is 4.44. The van der Waals surface area contributed by atoms with Crippen molar-refractivity contribution in [3.8, 4) is 5.75 Å². The maximum atomic E-state index is 13.1. The van der Waals surface area contributed by atoms with E-state index < -0.39 is 29.6 Å². The van der Waals surface area contributed by atoms with Gasteiger partial charge in [0, 0.05) is 24.3 Å². The second kappa shape index (κ2) is 8.51. The van der Waals surface area contributed by atoms with Gasteiger partial charge in [0.15, 0.2) is 0 Å². The van der Waals surface area contributed by atoms with Crippen LogP contribution in [0.25, 0.3) is 0 Å². The Kier molecular flexibility index (Phi) is 5.88. The summed E-state index contributed by atoms with van der Waals surface area (Å²) in [5.74, 6) is -1.02. The molecule has 1 heterocycles. The predicted octanol–water partition coefficient (Wildman–Crippen LogP) is 1.80. The van der Waals surface area contributed by atoms with Crippen LogP contribution in [0.4, 0.5) is 10.1 Å². The maximum absolute atomic E-state index is 13.1. The average molecular weight is 385 g/mol. The van der Waals surface area contributed by atoms with Crippen LogP contribution in [0.3, 0.4) is 0 Å². The number of carbonyl (C=O) groups excluding carboxylic acids is 3. The summed E-state index contributed by atoms with van der Waals surface area (Å²) < 4.78 is 18.2. The maximum Gasteiger partial charge on any atom is 0.254 e. The molecule has 2 aromatic carbocycles. The topological polar surface area (TPSA) is 87.7 Å². The van der Waals surface area contributed by atoms with Crippen molar-refractivity contribution in [3.05, 3.63) is 59.9 Å². The molecule has 2 N–H and O–H groups in total. The van der Waals surface area contributed by atoms with Gasteiger partial charge in [-0.2, -0.15) is 0 Å². The van der Waals surface area contributed by atoms with Gasteiger partial charge >= 0.3 is 0 Å². The third-order valence-electron chi connectivity index (χ3n) is 4.44. The number of anilines is 1. The zero-order valence-electron chi connectivity index (χ0n) is 15.3. The Bertz CT molecular complexity index is 868. The second-order valence-electron chi connectivity index (χ2n) is 6.29. The van der Waals surface area contributed by atoms with Crippen molar-refractivity contribution in [2.45, 2.75) is 12.5 Å². The SMILES string of the molecule is COc1ccc(NC(=O)CC2C(=O)NCCN2C(=O)c2ccc(F)cc2)cc1. The third kappa shape index (κ3) is 4.46. The molecule has 0 radical (unpaired) electrons. The molecule has 0 aromatic heterocycles. The van der Waals surface area contributed by atoms with E-state index in [1.165, 1.54) is 29.2 Å². The van der Waals surface area contributed by atoms with Gasteiger partial charge < -0.3 is 20.3 Å². The molecule has 1 saturated heterocycles. The number of methoxy groups -OCH3 is 1. The van der Waals surface area contributed by atoms with Crippen LogP contribution in [0.2, 0.25) is 0 Å². The number of piperazine rings is 1. The highest BCUT2D eigenvalue weighted by atomic mass is 19.1. The van der Waals surface area contributed by atoms with E-state index >= 15 is 0 Å². The zero-order valence-corrected chi connectivity index (χ0v) is 15.3. The van der Waals surface area contributed by atoms with Crippen LogP contribution in [-0.2, 0) is 9.59 Å². The zero-order chi connectivity index (χ0) is 20.1. The largest absolute Gasteiger partial charge is 0.497 e. The molecule has 1 fully saturated rings. The monoisotopic (exact) mass is 385 g/mol. The van der Waals surface area contributed by atoms with E-state index in [-0.39, 0.29) is 18.5 Å². The fourth-order valence-corrected chi connectivity index (χ4v) is 2.98. The number of nitrogens with zero attached hydrogens (tertiary/aromatic N) is 1. The summed E-state index contributed by atoms with van der Waals surface area (Å²) in [5, 5.41) is 5.38. The number of rotatable bonds is 5. The molecule has 8 heteroatoms. The van der Waals surface area contributed by atoms with Crippen LogP contribution in [0.1, 0.15) is 16.8 Å². The number of ether oxygens (including phenoxy) is 1. The molecule has 0 spiro atoms. The quantitative estimate of drug-likeness (QED) is 0.822. The Morgan fingerprint density at radius 1 is 1.18 bits per heavy atom. The highest BCUT2D eigenvalue weighted by molar-refractivity contribution is 6.01.